The van der Waals surface area contributed by atoms with E-state index in [2.05, 4.69) is 42.4 Å². The normalized spacial score (nSPS) is 21.6. The maximum atomic E-state index is 16.3. The van der Waals surface area contributed by atoms with Crippen LogP contribution in [0.4, 0.5) is 34.8 Å². The lowest BCUT2D eigenvalue weighted by Gasteiger charge is -2.37. The van der Waals surface area contributed by atoms with Gasteiger partial charge in [-0.2, -0.15) is 10.4 Å². The molecule has 3 aromatic carbocycles. The molecule has 2 aliphatic heterocycles. The number of piperidine rings is 1. The molecule has 2 saturated carbocycles. The molecule has 2 saturated heterocycles. The molecule has 5 heterocycles. The van der Waals surface area contributed by atoms with Gasteiger partial charge in [0.2, 0.25) is 17.7 Å². The Labute approximate surface area is 512 Å². The van der Waals surface area contributed by atoms with Crippen molar-refractivity contribution in [2.75, 3.05) is 56.3 Å². The van der Waals surface area contributed by atoms with Crippen molar-refractivity contribution in [2.24, 2.45) is 23.2 Å². The van der Waals surface area contributed by atoms with Gasteiger partial charge in [0.25, 0.3) is 18.2 Å². The molecule has 460 valence electrons. The number of rotatable bonds is 20. The van der Waals surface area contributed by atoms with Crippen molar-refractivity contribution in [1.82, 2.24) is 34.9 Å². The van der Waals surface area contributed by atoms with Crippen molar-refractivity contribution >= 4 is 64.0 Å². The van der Waals surface area contributed by atoms with E-state index in [0.717, 1.165) is 38.3 Å². The van der Waals surface area contributed by atoms with E-state index < -0.39 is 64.4 Å². The third kappa shape index (κ3) is 13.9. The maximum Gasteiger partial charge on any atom is 0.284 e. The van der Waals surface area contributed by atoms with Gasteiger partial charge in [-0.05, 0) is 142 Å². The Hall–Kier alpha value is -7.54. The highest BCUT2D eigenvalue weighted by Gasteiger charge is 2.61. The van der Waals surface area contributed by atoms with Crippen LogP contribution in [0.1, 0.15) is 147 Å². The smallest absolute Gasteiger partial charge is 0.284 e. The van der Waals surface area contributed by atoms with Crippen LogP contribution in [0.5, 0.6) is 5.75 Å². The first kappa shape index (κ1) is 62.5. The van der Waals surface area contributed by atoms with Crippen LogP contribution < -0.4 is 26.0 Å². The van der Waals surface area contributed by atoms with Crippen LogP contribution in [-0.2, 0) is 15.0 Å². The van der Waals surface area contributed by atoms with Gasteiger partial charge in [0.1, 0.15) is 34.9 Å². The van der Waals surface area contributed by atoms with E-state index in [-0.39, 0.29) is 80.1 Å². The van der Waals surface area contributed by atoms with E-state index in [4.69, 9.17) is 32.4 Å². The van der Waals surface area contributed by atoms with Crippen molar-refractivity contribution in [3.63, 3.8) is 0 Å². The van der Waals surface area contributed by atoms with Gasteiger partial charge >= 0.3 is 0 Å². The minimum absolute atomic E-state index is 0.0324. The van der Waals surface area contributed by atoms with E-state index in [1.165, 1.54) is 67.4 Å². The summed E-state index contributed by atoms with van der Waals surface area (Å²) >= 11 is 12.5. The topological polar surface area (TPSA) is 213 Å². The summed E-state index contributed by atoms with van der Waals surface area (Å²) in [7, 11) is 3.21. The number of nitriles is 1. The second-order valence-corrected chi connectivity index (χ2v) is 25.5. The number of halogens is 6. The predicted molar refractivity (Wildman–Crippen MR) is 322 cm³/mol. The molecule has 0 spiro atoms. The summed E-state index contributed by atoms with van der Waals surface area (Å²) < 4.78 is 73.9. The van der Waals surface area contributed by atoms with Crippen LogP contribution in [-0.4, -0.2) is 106 Å². The van der Waals surface area contributed by atoms with E-state index in [9.17, 15) is 33.2 Å². The molecular formula is C64H71Cl2F4N11O6. The number of likely N-dealkylation sites (tertiary alicyclic amines) is 1. The zero-order chi connectivity index (χ0) is 61.9. The van der Waals surface area contributed by atoms with Gasteiger partial charge in [-0.15, -0.1) is 0 Å². The summed E-state index contributed by atoms with van der Waals surface area (Å²) in [5.74, 6) is -2.71. The number of carbonyl (C=O) groups excluding carboxylic acids is 4. The number of aromatic nitrogens is 4. The van der Waals surface area contributed by atoms with E-state index in [1.807, 2.05) is 20.8 Å². The Morgan fingerprint density at radius 3 is 2.39 bits per heavy atom. The highest BCUT2D eigenvalue weighted by atomic mass is 35.5. The van der Waals surface area contributed by atoms with E-state index >= 15 is 8.78 Å². The summed E-state index contributed by atoms with van der Waals surface area (Å²) in [6, 6.07) is 16.4. The van der Waals surface area contributed by atoms with E-state index in [0.29, 0.717) is 74.1 Å². The molecule has 4 atom stereocenters. The van der Waals surface area contributed by atoms with Gasteiger partial charge in [0.05, 0.1) is 41.7 Å². The standard InChI is InChI=1S/C64H71Cl2F4N11O6/c1-63(2,3)31-51-64(35-71,44-19-16-41(65)30-46(44)67)53(43-9-6-10-45(66)54(43)68)56(77-51)59(83)74-47-20-15-40(28-50(47)86-5)62(85)80-26-22-36(23-27-80)8-7-25-79(4)61(84)38-13-17-42(18-14-38)81-33-48(55(78-81)57(69)70)75-58(82)49-34-87-60(76-49)39-21-24-72-52(29-39)73-32-37-11-12-37/h6,9-10,15-16,19-21,24,28-30,33-34,36-38,42,51,53,56-57,77H,7-8,11-14,17-18,22-23,25-27,31-32H2,1-5H3,(H,72,73)(H,74,83)(H,75,82)/t38-,42-,51-,53-,56+,64-/m0/s1. The lowest BCUT2D eigenvalue weighted by Crippen LogP contribution is -2.45. The number of hydrogen-bond acceptors (Lipinski definition) is 12. The molecule has 4 fully saturated rings. The lowest BCUT2D eigenvalue weighted by atomic mass is 9.62. The average Bonchev–Trinajstić information content (AvgIpc) is 1.67. The average molecular weight is 1240 g/mol. The molecule has 4 N–H and O–H groups in total. The summed E-state index contributed by atoms with van der Waals surface area (Å²) in [6.07, 6.45) is 9.24. The number of oxazole rings is 1. The van der Waals surface area contributed by atoms with Crippen molar-refractivity contribution in [3.8, 4) is 23.3 Å². The fourth-order valence-corrected chi connectivity index (χ4v) is 13.0. The number of ether oxygens (including phenoxy) is 1. The quantitative estimate of drug-likeness (QED) is 0.0526. The largest absolute Gasteiger partial charge is 0.495 e. The third-order valence-electron chi connectivity index (χ3n) is 17.5. The van der Waals surface area contributed by atoms with Gasteiger partial charge in [-0.1, -0.05) is 62.2 Å². The summed E-state index contributed by atoms with van der Waals surface area (Å²) in [5, 5.41) is 27.4. The molecule has 4 amide bonds. The molecule has 0 radical (unpaired) electrons. The fraction of sp³-hybridized carbons (Fsp3) is 0.469. The maximum absolute atomic E-state index is 16.3. The summed E-state index contributed by atoms with van der Waals surface area (Å²) in [5.41, 5.74) is -1.99. The van der Waals surface area contributed by atoms with Crippen molar-refractivity contribution in [2.45, 2.75) is 127 Å². The number of carbonyl (C=O) groups is 4. The molecule has 87 heavy (non-hydrogen) atoms. The Balaban J connectivity index is 0.699. The fourth-order valence-electron chi connectivity index (χ4n) is 12.7. The second-order valence-electron chi connectivity index (χ2n) is 24.7. The van der Waals surface area contributed by atoms with Crippen LogP contribution >= 0.6 is 23.2 Å². The molecule has 6 aromatic rings. The minimum atomic E-state index is -2.95. The molecule has 4 aliphatic rings. The lowest BCUT2D eigenvalue weighted by molar-refractivity contribution is -0.135. The van der Waals surface area contributed by atoms with Gasteiger partial charge in [0, 0.05) is 85.2 Å². The molecule has 0 unspecified atom stereocenters. The Kier molecular flexibility index (Phi) is 19.0. The molecule has 10 rings (SSSR count). The predicted octanol–water partition coefficient (Wildman–Crippen LogP) is 13.0. The van der Waals surface area contributed by atoms with Gasteiger partial charge < -0.3 is 40.2 Å². The minimum Gasteiger partial charge on any atom is -0.495 e. The number of alkyl halides is 2. The molecule has 0 bridgehead atoms. The Morgan fingerprint density at radius 2 is 1.70 bits per heavy atom. The highest BCUT2D eigenvalue weighted by Crippen LogP contribution is 2.53. The van der Waals surface area contributed by atoms with Gasteiger partial charge in [-0.25, -0.2) is 27.5 Å². The van der Waals surface area contributed by atoms with Crippen molar-refractivity contribution in [1.29, 1.82) is 5.26 Å². The van der Waals surface area contributed by atoms with Crippen molar-refractivity contribution in [3.05, 3.63) is 135 Å². The van der Waals surface area contributed by atoms with Crippen LogP contribution in [0.3, 0.4) is 0 Å². The summed E-state index contributed by atoms with van der Waals surface area (Å²) in [6.45, 7) is 8.25. The monoisotopic (exact) mass is 1240 g/mol. The number of pyridine rings is 1. The first-order chi connectivity index (χ1) is 41.6. The van der Waals surface area contributed by atoms with E-state index in [1.54, 1.807) is 53.4 Å². The molecule has 17 nitrogen and oxygen atoms in total. The highest BCUT2D eigenvalue weighted by molar-refractivity contribution is 6.31. The number of amides is 4. The number of methoxy groups -OCH3 is 1. The SMILES string of the molecule is COc1cc(C(=O)N2CCC(CCCN(C)C(=O)[C@H]3CC[C@H](n4cc(NC(=O)c5coc(-c6ccnc(NCC7CC7)c6)n5)c(C(F)F)n4)CC3)CC2)ccc1NC(=O)[C@@H]1N[C@@H](CC(C)(C)C)[C@](C#N)(c2ccc(Cl)cc2F)[C@H]1c1cccc(Cl)c1F. The van der Waals surface area contributed by atoms with Gasteiger partial charge in [0.15, 0.2) is 11.4 Å². The second kappa shape index (κ2) is 26.4. The number of hydrogen-bond donors (Lipinski definition) is 4. The van der Waals surface area contributed by atoms with Crippen LogP contribution in [0.25, 0.3) is 11.5 Å². The number of nitrogens with zero attached hydrogens (tertiary/aromatic N) is 7. The third-order valence-corrected chi connectivity index (χ3v) is 18.0. The number of nitrogens with one attached hydrogen (secondary N) is 4. The van der Waals surface area contributed by atoms with Gasteiger partial charge in [-0.3, -0.25) is 23.9 Å². The first-order valence-electron chi connectivity index (χ1n) is 29.6. The van der Waals surface area contributed by atoms with Crippen molar-refractivity contribution < 1.29 is 45.9 Å². The summed E-state index contributed by atoms with van der Waals surface area (Å²) in [4.78, 5) is 67.9. The first-order valence-corrected chi connectivity index (χ1v) is 30.3. The number of anilines is 3. The zero-order valence-electron chi connectivity index (χ0n) is 49.2. The zero-order valence-corrected chi connectivity index (χ0v) is 50.7. The van der Waals surface area contributed by atoms with Crippen LogP contribution in [0, 0.1) is 46.1 Å². The Morgan fingerprint density at radius 1 is 0.943 bits per heavy atom. The molecule has 23 heteroatoms. The number of benzene rings is 3. The van der Waals surface area contributed by atoms with Crippen LogP contribution in [0.15, 0.2) is 89.8 Å². The molecular weight excluding hydrogens is 1170 g/mol. The molecule has 3 aromatic heterocycles. The molecule has 2 aliphatic carbocycles. The Bertz CT molecular complexity index is 3550. The van der Waals surface area contributed by atoms with Crippen LogP contribution in [0.2, 0.25) is 10.0 Å².